The molecule has 1 saturated carbocycles. The van der Waals surface area contributed by atoms with Crippen molar-refractivity contribution in [3.8, 4) is 0 Å². The average Bonchev–Trinajstić information content (AvgIpc) is 3.01. The Hall–Kier alpha value is -0.640. The number of hydrogen-bond acceptors (Lipinski definition) is 2. The van der Waals surface area contributed by atoms with Crippen LogP contribution in [0.15, 0.2) is 18.2 Å². The molecular formula is C16H21ClFNO. The second kappa shape index (κ2) is 6.00. The van der Waals surface area contributed by atoms with Crippen LogP contribution in [0.25, 0.3) is 0 Å². The largest absolute Gasteiger partial charge is 0.393 e. The van der Waals surface area contributed by atoms with Crippen LogP contribution in [0.3, 0.4) is 0 Å². The van der Waals surface area contributed by atoms with Crippen molar-refractivity contribution in [2.45, 2.75) is 50.8 Å². The summed E-state index contributed by atoms with van der Waals surface area (Å²) < 4.78 is 13.9. The smallest absolute Gasteiger partial charge is 0.129 e. The molecule has 2 fully saturated rings. The third-order valence-corrected chi connectivity index (χ3v) is 5.06. The van der Waals surface area contributed by atoms with E-state index < -0.39 is 0 Å². The van der Waals surface area contributed by atoms with Gasteiger partial charge in [0.05, 0.1) is 6.10 Å². The summed E-state index contributed by atoms with van der Waals surface area (Å²) in [7, 11) is 0. The van der Waals surface area contributed by atoms with Gasteiger partial charge in [0.2, 0.25) is 0 Å². The van der Waals surface area contributed by atoms with Gasteiger partial charge in [-0.15, -0.1) is 0 Å². The van der Waals surface area contributed by atoms with Crippen LogP contribution in [0.1, 0.15) is 37.7 Å². The quantitative estimate of drug-likeness (QED) is 0.921. The Morgan fingerprint density at radius 3 is 2.80 bits per heavy atom. The fourth-order valence-electron chi connectivity index (χ4n) is 3.82. The zero-order valence-corrected chi connectivity index (χ0v) is 12.3. The first-order valence-electron chi connectivity index (χ1n) is 7.51. The number of aliphatic hydroxyl groups excluding tert-OH is 1. The first-order chi connectivity index (χ1) is 9.65. The van der Waals surface area contributed by atoms with Crippen LogP contribution in [-0.4, -0.2) is 28.7 Å². The molecule has 3 atom stereocenters. The van der Waals surface area contributed by atoms with Crippen LogP contribution < -0.4 is 0 Å². The summed E-state index contributed by atoms with van der Waals surface area (Å²) in [5.41, 5.74) is 0.703. The maximum atomic E-state index is 13.9. The maximum absolute atomic E-state index is 13.9. The normalized spacial score (nSPS) is 31.1. The van der Waals surface area contributed by atoms with Gasteiger partial charge in [-0.1, -0.05) is 24.1 Å². The Morgan fingerprint density at radius 2 is 2.10 bits per heavy atom. The number of halogens is 2. The van der Waals surface area contributed by atoms with Gasteiger partial charge >= 0.3 is 0 Å². The van der Waals surface area contributed by atoms with Crippen molar-refractivity contribution in [3.05, 3.63) is 34.6 Å². The van der Waals surface area contributed by atoms with Gasteiger partial charge in [-0.3, -0.25) is 4.90 Å². The maximum Gasteiger partial charge on any atom is 0.129 e. The van der Waals surface area contributed by atoms with E-state index in [0.29, 0.717) is 29.1 Å². The van der Waals surface area contributed by atoms with Gasteiger partial charge in [0.25, 0.3) is 0 Å². The molecule has 3 unspecified atom stereocenters. The molecule has 4 heteroatoms. The topological polar surface area (TPSA) is 23.5 Å². The highest BCUT2D eigenvalue weighted by Crippen LogP contribution is 2.36. The summed E-state index contributed by atoms with van der Waals surface area (Å²) in [5, 5.41) is 10.5. The van der Waals surface area contributed by atoms with Crippen molar-refractivity contribution in [3.63, 3.8) is 0 Å². The van der Waals surface area contributed by atoms with Gasteiger partial charge < -0.3 is 5.11 Å². The van der Waals surface area contributed by atoms with Gasteiger partial charge in [-0.2, -0.15) is 0 Å². The SMILES string of the molecule is OC1CCCC1C1CCCN1Cc1ccc(Cl)cc1F. The van der Waals surface area contributed by atoms with E-state index in [0.717, 1.165) is 38.6 Å². The van der Waals surface area contributed by atoms with Crippen LogP contribution >= 0.6 is 11.6 Å². The Kier molecular flexibility index (Phi) is 4.29. The highest BCUT2D eigenvalue weighted by Gasteiger charge is 2.38. The minimum atomic E-state index is -0.227. The molecule has 2 nitrogen and oxygen atoms in total. The van der Waals surface area contributed by atoms with E-state index in [1.165, 1.54) is 6.07 Å². The predicted octanol–water partition coefficient (Wildman–Crippen LogP) is 3.60. The van der Waals surface area contributed by atoms with Crippen LogP contribution in [-0.2, 0) is 6.54 Å². The number of nitrogens with zero attached hydrogens (tertiary/aromatic N) is 1. The summed E-state index contributed by atoms with van der Waals surface area (Å²) in [6, 6.07) is 5.31. The van der Waals surface area contributed by atoms with Crippen LogP contribution in [0.2, 0.25) is 5.02 Å². The molecule has 1 aromatic carbocycles. The molecule has 0 bridgehead atoms. The van der Waals surface area contributed by atoms with Gasteiger partial charge in [0.1, 0.15) is 5.82 Å². The third kappa shape index (κ3) is 2.85. The highest BCUT2D eigenvalue weighted by molar-refractivity contribution is 6.30. The monoisotopic (exact) mass is 297 g/mol. The van der Waals surface area contributed by atoms with E-state index in [-0.39, 0.29) is 11.9 Å². The molecule has 20 heavy (non-hydrogen) atoms. The summed E-state index contributed by atoms with van der Waals surface area (Å²) in [5.74, 6) is 0.142. The second-order valence-corrected chi connectivity index (χ2v) is 6.51. The zero-order chi connectivity index (χ0) is 14.1. The Balaban J connectivity index is 1.72. The van der Waals surface area contributed by atoms with Crippen molar-refractivity contribution in [2.75, 3.05) is 6.54 Å². The molecule has 2 aliphatic rings. The first-order valence-corrected chi connectivity index (χ1v) is 7.89. The van der Waals surface area contributed by atoms with Gasteiger partial charge in [-0.25, -0.2) is 4.39 Å². The fraction of sp³-hybridized carbons (Fsp3) is 0.625. The zero-order valence-electron chi connectivity index (χ0n) is 11.6. The lowest BCUT2D eigenvalue weighted by Gasteiger charge is -2.31. The summed E-state index contributed by atoms with van der Waals surface area (Å²) in [6.07, 6.45) is 5.23. The summed E-state index contributed by atoms with van der Waals surface area (Å²) in [6.45, 7) is 1.62. The lowest BCUT2D eigenvalue weighted by atomic mass is 9.94. The molecule has 1 aliphatic carbocycles. The Labute approximate surface area is 124 Å². The molecule has 3 rings (SSSR count). The number of aliphatic hydroxyl groups is 1. The number of likely N-dealkylation sites (tertiary alicyclic amines) is 1. The minimum absolute atomic E-state index is 0.171. The lowest BCUT2D eigenvalue weighted by Crippen LogP contribution is -2.38. The molecular weight excluding hydrogens is 277 g/mol. The van der Waals surface area contributed by atoms with E-state index >= 15 is 0 Å². The Bertz CT molecular complexity index is 482. The number of benzene rings is 1. The van der Waals surface area contributed by atoms with Crippen molar-refractivity contribution < 1.29 is 9.50 Å². The first kappa shape index (κ1) is 14.3. The lowest BCUT2D eigenvalue weighted by molar-refractivity contribution is 0.0715. The number of hydrogen-bond donors (Lipinski definition) is 1. The minimum Gasteiger partial charge on any atom is -0.393 e. The molecule has 0 radical (unpaired) electrons. The molecule has 1 saturated heterocycles. The third-order valence-electron chi connectivity index (χ3n) is 4.83. The van der Waals surface area contributed by atoms with Crippen LogP contribution in [0.4, 0.5) is 4.39 Å². The predicted molar refractivity (Wildman–Crippen MR) is 78.2 cm³/mol. The molecule has 1 heterocycles. The van der Waals surface area contributed by atoms with E-state index in [4.69, 9.17) is 11.6 Å². The molecule has 1 aliphatic heterocycles. The van der Waals surface area contributed by atoms with Gasteiger partial charge in [0.15, 0.2) is 0 Å². The molecule has 0 amide bonds. The Morgan fingerprint density at radius 1 is 1.25 bits per heavy atom. The van der Waals surface area contributed by atoms with Gasteiger partial charge in [-0.05, 0) is 44.4 Å². The summed E-state index contributed by atoms with van der Waals surface area (Å²) in [4.78, 5) is 2.34. The summed E-state index contributed by atoms with van der Waals surface area (Å²) >= 11 is 5.80. The van der Waals surface area contributed by atoms with Crippen molar-refractivity contribution in [2.24, 2.45) is 5.92 Å². The highest BCUT2D eigenvalue weighted by atomic mass is 35.5. The fourth-order valence-corrected chi connectivity index (χ4v) is 3.98. The standard InChI is InChI=1S/C16H21ClFNO/c17-12-7-6-11(14(18)9-12)10-19-8-2-4-15(19)13-3-1-5-16(13)20/h6-7,9,13,15-16,20H,1-5,8,10H2. The van der Waals surface area contributed by atoms with Crippen molar-refractivity contribution in [1.29, 1.82) is 0 Å². The molecule has 0 aromatic heterocycles. The molecule has 1 N–H and O–H groups in total. The van der Waals surface area contributed by atoms with Crippen LogP contribution in [0.5, 0.6) is 0 Å². The molecule has 110 valence electrons. The van der Waals surface area contributed by atoms with Gasteiger partial charge in [0, 0.05) is 29.1 Å². The second-order valence-electron chi connectivity index (χ2n) is 6.08. The average molecular weight is 298 g/mol. The van der Waals surface area contributed by atoms with E-state index in [9.17, 15) is 9.50 Å². The number of rotatable bonds is 3. The molecule has 0 spiro atoms. The van der Waals surface area contributed by atoms with Crippen LogP contribution in [0, 0.1) is 11.7 Å². The van der Waals surface area contributed by atoms with Crippen molar-refractivity contribution >= 4 is 11.6 Å². The van der Waals surface area contributed by atoms with E-state index in [1.807, 2.05) is 0 Å². The van der Waals surface area contributed by atoms with Crippen molar-refractivity contribution in [1.82, 2.24) is 4.90 Å². The molecule has 1 aromatic rings. The van der Waals surface area contributed by atoms with E-state index in [2.05, 4.69) is 4.90 Å². The van der Waals surface area contributed by atoms with E-state index in [1.54, 1.807) is 12.1 Å².